The summed E-state index contributed by atoms with van der Waals surface area (Å²) in [7, 11) is 0. The Hall–Kier alpha value is -0.480. The fourth-order valence-electron chi connectivity index (χ4n) is 2.87. The lowest BCUT2D eigenvalue weighted by Crippen LogP contribution is -2.24. The highest BCUT2D eigenvalue weighted by molar-refractivity contribution is 8.14. The van der Waals surface area contributed by atoms with E-state index in [2.05, 4.69) is 46.0 Å². The zero-order chi connectivity index (χ0) is 14.7. The van der Waals surface area contributed by atoms with Crippen LogP contribution >= 0.6 is 23.1 Å². The van der Waals surface area contributed by atoms with Crippen LogP contribution in [-0.2, 0) is 0 Å². The molecule has 2 unspecified atom stereocenters. The predicted molar refractivity (Wildman–Crippen MR) is 93.1 cm³/mol. The number of thiophene rings is 1. The first-order valence-electron chi connectivity index (χ1n) is 7.59. The highest BCUT2D eigenvalue weighted by Gasteiger charge is 2.26. The van der Waals surface area contributed by atoms with Gasteiger partial charge in [0.15, 0.2) is 5.17 Å². The number of nitrogens with zero attached hydrogens (tertiary/aromatic N) is 1. The van der Waals surface area contributed by atoms with Crippen LogP contribution in [0.2, 0.25) is 0 Å². The highest BCUT2D eigenvalue weighted by Crippen LogP contribution is 2.32. The topological polar surface area (TPSA) is 24.4 Å². The van der Waals surface area contributed by atoms with Crippen LogP contribution in [0.5, 0.6) is 0 Å². The maximum Gasteiger partial charge on any atom is 0.157 e. The van der Waals surface area contributed by atoms with Crippen molar-refractivity contribution in [1.29, 1.82) is 0 Å². The molecule has 0 spiro atoms. The molecule has 2 rings (SSSR count). The minimum Gasteiger partial charge on any atom is -0.358 e. The lowest BCUT2D eigenvalue weighted by molar-refractivity contribution is 0.479. The van der Waals surface area contributed by atoms with Crippen LogP contribution in [0.4, 0.5) is 0 Å². The molecule has 2 heterocycles. The maximum atomic E-state index is 4.71. The summed E-state index contributed by atoms with van der Waals surface area (Å²) in [5.74, 6) is 0.795. The molecule has 112 valence electrons. The van der Waals surface area contributed by atoms with Crippen molar-refractivity contribution >= 4 is 28.3 Å². The molecular formula is C16H26N2S2. The molecule has 2 nitrogen and oxygen atoms in total. The summed E-state index contributed by atoms with van der Waals surface area (Å²) in [5.41, 5.74) is 1.42. The lowest BCUT2D eigenvalue weighted by atomic mass is 9.99. The van der Waals surface area contributed by atoms with Crippen molar-refractivity contribution in [3.05, 3.63) is 21.4 Å². The van der Waals surface area contributed by atoms with Gasteiger partial charge in [-0.25, -0.2) is 0 Å². The molecule has 2 atom stereocenters. The van der Waals surface area contributed by atoms with Gasteiger partial charge in [0.05, 0.1) is 12.6 Å². The smallest absolute Gasteiger partial charge is 0.157 e. The van der Waals surface area contributed by atoms with Gasteiger partial charge >= 0.3 is 0 Å². The lowest BCUT2D eigenvalue weighted by Gasteiger charge is -2.20. The summed E-state index contributed by atoms with van der Waals surface area (Å²) in [6, 6.07) is 2.66. The third-order valence-electron chi connectivity index (χ3n) is 4.14. The molecule has 1 aromatic heterocycles. The zero-order valence-corrected chi connectivity index (χ0v) is 14.8. The molecular weight excluding hydrogens is 284 g/mol. The number of aliphatic imine (C=N–C) groups is 1. The second kappa shape index (κ2) is 6.99. The summed E-state index contributed by atoms with van der Waals surface area (Å²) in [6.45, 7) is 12.2. The molecule has 0 aromatic carbocycles. The average Bonchev–Trinajstić information content (AvgIpc) is 2.98. The molecule has 20 heavy (non-hydrogen) atoms. The van der Waals surface area contributed by atoms with Gasteiger partial charge in [-0.3, -0.25) is 4.99 Å². The molecule has 0 radical (unpaired) electrons. The van der Waals surface area contributed by atoms with E-state index >= 15 is 0 Å². The molecule has 0 aliphatic carbocycles. The first kappa shape index (κ1) is 15.9. The number of nitrogens with one attached hydrogen (secondary N) is 1. The molecule has 1 aliphatic heterocycles. The molecule has 1 aromatic rings. The van der Waals surface area contributed by atoms with Crippen LogP contribution in [0.3, 0.4) is 0 Å². The molecule has 4 heteroatoms. The Morgan fingerprint density at radius 1 is 1.35 bits per heavy atom. The molecule has 0 amide bonds. The average molecular weight is 311 g/mol. The van der Waals surface area contributed by atoms with E-state index in [1.807, 2.05) is 23.1 Å². The monoisotopic (exact) mass is 310 g/mol. The molecule has 0 saturated carbocycles. The zero-order valence-electron chi connectivity index (χ0n) is 13.2. The Morgan fingerprint density at radius 2 is 2.05 bits per heavy atom. The second-order valence-corrected chi connectivity index (χ2v) is 8.30. The van der Waals surface area contributed by atoms with E-state index in [4.69, 9.17) is 4.99 Å². The summed E-state index contributed by atoms with van der Waals surface area (Å²) in [5, 5.41) is 5.41. The fraction of sp³-hybridized carbons (Fsp3) is 0.688. The number of thioether (sulfide) groups is 1. The van der Waals surface area contributed by atoms with Crippen LogP contribution in [0, 0.1) is 19.8 Å². The summed E-state index contributed by atoms with van der Waals surface area (Å²) in [6.07, 6.45) is 2.52. The summed E-state index contributed by atoms with van der Waals surface area (Å²) in [4.78, 5) is 7.52. The molecule has 1 aliphatic rings. The van der Waals surface area contributed by atoms with Gasteiger partial charge in [-0.1, -0.05) is 38.5 Å². The largest absolute Gasteiger partial charge is 0.358 e. The van der Waals surface area contributed by atoms with Crippen molar-refractivity contribution in [3.63, 3.8) is 0 Å². The minimum absolute atomic E-state index is 0.353. The fourth-order valence-corrected chi connectivity index (χ4v) is 5.30. The maximum absolute atomic E-state index is 4.71. The van der Waals surface area contributed by atoms with E-state index in [1.165, 1.54) is 28.2 Å². The Labute approximate surface area is 131 Å². The Kier molecular flexibility index (Phi) is 5.56. The molecule has 0 saturated heterocycles. The summed E-state index contributed by atoms with van der Waals surface area (Å²) >= 11 is 3.83. The van der Waals surface area contributed by atoms with Crippen molar-refractivity contribution in [2.45, 2.75) is 58.8 Å². The van der Waals surface area contributed by atoms with E-state index < -0.39 is 0 Å². The van der Waals surface area contributed by atoms with Crippen molar-refractivity contribution in [2.24, 2.45) is 10.9 Å². The third-order valence-corrected chi connectivity index (χ3v) is 6.43. The van der Waals surface area contributed by atoms with Gasteiger partial charge in [0.1, 0.15) is 0 Å². The second-order valence-electron chi connectivity index (χ2n) is 5.61. The van der Waals surface area contributed by atoms with Crippen molar-refractivity contribution in [2.75, 3.05) is 6.54 Å². The predicted octanol–water partition coefficient (Wildman–Crippen LogP) is 4.92. The third kappa shape index (κ3) is 3.59. The van der Waals surface area contributed by atoms with Gasteiger partial charge in [0, 0.05) is 15.0 Å². The van der Waals surface area contributed by atoms with E-state index in [1.54, 1.807) is 0 Å². The van der Waals surface area contributed by atoms with Gasteiger partial charge in [0.25, 0.3) is 0 Å². The van der Waals surface area contributed by atoms with Gasteiger partial charge in [-0.05, 0) is 38.3 Å². The first-order chi connectivity index (χ1) is 9.55. The van der Waals surface area contributed by atoms with Crippen LogP contribution in [0.15, 0.2) is 11.1 Å². The van der Waals surface area contributed by atoms with Gasteiger partial charge < -0.3 is 5.32 Å². The number of hydrogen-bond acceptors (Lipinski definition) is 4. The molecule has 0 bridgehead atoms. The number of amidine groups is 1. The van der Waals surface area contributed by atoms with Gasteiger partial charge in [-0.15, -0.1) is 11.3 Å². The number of hydrogen-bond donors (Lipinski definition) is 1. The van der Waals surface area contributed by atoms with Crippen LogP contribution in [0.25, 0.3) is 0 Å². The normalized spacial score (nSPS) is 20.3. The number of aryl methyl sites for hydroxylation is 2. The highest BCUT2D eigenvalue weighted by atomic mass is 32.2. The van der Waals surface area contributed by atoms with Crippen molar-refractivity contribution in [3.8, 4) is 0 Å². The Morgan fingerprint density at radius 3 is 2.60 bits per heavy atom. The Balaban J connectivity index is 1.93. The molecule has 0 fully saturated rings. The van der Waals surface area contributed by atoms with Crippen LogP contribution in [-0.4, -0.2) is 17.0 Å². The van der Waals surface area contributed by atoms with E-state index in [0.29, 0.717) is 11.3 Å². The van der Waals surface area contributed by atoms with E-state index in [9.17, 15) is 0 Å². The Bertz CT molecular complexity index is 475. The summed E-state index contributed by atoms with van der Waals surface area (Å²) < 4.78 is 0. The van der Waals surface area contributed by atoms with Gasteiger partial charge in [0.2, 0.25) is 0 Å². The molecule has 1 N–H and O–H groups in total. The van der Waals surface area contributed by atoms with Crippen molar-refractivity contribution in [1.82, 2.24) is 5.32 Å². The van der Waals surface area contributed by atoms with Crippen LogP contribution in [0.1, 0.15) is 55.0 Å². The van der Waals surface area contributed by atoms with Crippen molar-refractivity contribution < 1.29 is 0 Å². The first-order valence-corrected chi connectivity index (χ1v) is 9.29. The van der Waals surface area contributed by atoms with Gasteiger partial charge in [-0.2, -0.15) is 0 Å². The van der Waals surface area contributed by atoms with E-state index in [-0.39, 0.29) is 0 Å². The number of rotatable bonds is 5. The standard InChI is InChI=1S/C16H26N2S2/c1-6-13(7-2)15-9-17-16(20-15)18-11(4)14-8-10(3)19-12(14)5/h8,11,13,15H,6-7,9H2,1-5H3,(H,17,18). The quantitative estimate of drug-likeness (QED) is 0.834. The minimum atomic E-state index is 0.353. The SMILES string of the molecule is CCC(CC)C1CN=C(NC(C)c2cc(C)sc2C)S1. The van der Waals surface area contributed by atoms with Crippen LogP contribution < -0.4 is 5.32 Å². The van der Waals surface area contributed by atoms with E-state index in [0.717, 1.165) is 17.6 Å².